The maximum absolute atomic E-state index is 12.8. The molecule has 1 heterocycles. The molecule has 2 aromatic carbocycles. The average Bonchev–Trinajstić information content (AvgIpc) is 3.18. The predicted molar refractivity (Wildman–Crippen MR) is 116 cm³/mol. The molecule has 1 atom stereocenters. The first-order valence-electron chi connectivity index (χ1n) is 10.1. The van der Waals surface area contributed by atoms with Gasteiger partial charge in [0.05, 0.1) is 16.3 Å². The lowest BCUT2D eigenvalue weighted by molar-refractivity contribution is 0.185. The van der Waals surface area contributed by atoms with Gasteiger partial charge in [-0.3, -0.25) is 0 Å². The summed E-state index contributed by atoms with van der Waals surface area (Å²) in [5.41, 5.74) is 2.43. The van der Waals surface area contributed by atoms with Gasteiger partial charge in [0.25, 0.3) is 0 Å². The lowest BCUT2D eigenvalue weighted by Gasteiger charge is -2.32. The van der Waals surface area contributed by atoms with Gasteiger partial charge in [-0.15, -0.1) is 11.3 Å². The standard InChI is InChI=1S/C23H27N3OS/c1-16(22-25-20-10-6-7-11-21(20)28-22)26(2)23(27)24-19-14-12-18(13-15-19)17-8-4-3-5-9-17/h3-11,16,18-19H,12-15H2,1-2H3,(H,24,27)/t16-,18?,19?/m1/s1. The maximum Gasteiger partial charge on any atom is 0.317 e. The number of benzene rings is 2. The fourth-order valence-electron chi connectivity index (χ4n) is 3.98. The fourth-order valence-corrected chi connectivity index (χ4v) is 5.05. The Balaban J connectivity index is 1.33. The van der Waals surface area contributed by atoms with Crippen molar-refractivity contribution in [1.29, 1.82) is 0 Å². The molecule has 1 N–H and O–H groups in total. The second-order valence-electron chi connectivity index (χ2n) is 7.72. The summed E-state index contributed by atoms with van der Waals surface area (Å²) in [5, 5.41) is 4.22. The number of amides is 2. The highest BCUT2D eigenvalue weighted by molar-refractivity contribution is 7.18. The smallest absolute Gasteiger partial charge is 0.317 e. The summed E-state index contributed by atoms with van der Waals surface area (Å²) in [5.74, 6) is 0.619. The summed E-state index contributed by atoms with van der Waals surface area (Å²) in [7, 11) is 1.86. The van der Waals surface area contributed by atoms with E-state index in [4.69, 9.17) is 4.98 Å². The minimum Gasteiger partial charge on any atom is -0.335 e. The third-order valence-corrected chi connectivity index (χ3v) is 7.10. The zero-order valence-corrected chi connectivity index (χ0v) is 17.3. The summed E-state index contributed by atoms with van der Waals surface area (Å²) in [6.45, 7) is 2.05. The van der Waals surface area contributed by atoms with E-state index in [0.29, 0.717) is 5.92 Å². The molecule has 2 amide bonds. The van der Waals surface area contributed by atoms with Gasteiger partial charge >= 0.3 is 6.03 Å². The van der Waals surface area contributed by atoms with Gasteiger partial charge in [0.15, 0.2) is 0 Å². The van der Waals surface area contributed by atoms with Crippen LogP contribution in [0.5, 0.6) is 0 Å². The van der Waals surface area contributed by atoms with Crippen molar-refractivity contribution in [2.75, 3.05) is 7.05 Å². The molecule has 0 radical (unpaired) electrons. The van der Waals surface area contributed by atoms with E-state index >= 15 is 0 Å². The number of urea groups is 1. The molecule has 3 aromatic rings. The van der Waals surface area contributed by atoms with Gasteiger partial charge in [-0.25, -0.2) is 9.78 Å². The van der Waals surface area contributed by atoms with Crippen LogP contribution in [-0.4, -0.2) is 29.0 Å². The quantitative estimate of drug-likeness (QED) is 0.616. The number of nitrogens with one attached hydrogen (secondary N) is 1. The highest BCUT2D eigenvalue weighted by Crippen LogP contribution is 2.33. The molecule has 1 aliphatic rings. The summed E-state index contributed by atoms with van der Waals surface area (Å²) < 4.78 is 1.16. The Hall–Kier alpha value is -2.40. The fraction of sp³-hybridized carbons (Fsp3) is 0.391. The number of hydrogen-bond acceptors (Lipinski definition) is 3. The molecule has 0 aliphatic heterocycles. The molecule has 0 saturated heterocycles. The topological polar surface area (TPSA) is 45.2 Å². The van der Waals surface area contributed by atoms with Crippen LogP contribution >= 0.6 is 11.3 Å². The minimum absolute atomic E-state index is 0.00471. The molecule has 1 saturated carbocycles. The van der Waals surface area contributed by atoms with Gasteiger partial charge in [-0.2, -0.15) is 0 Å². The Morgan fingerprint density at radius 1 is 1.07 bits per heavy atom. The van der Waals surface area contributed by atoms with Crippen LogP contribution < -0.4 is 5.32 Å². The van der Waals surface area contributed by atoms with Crippen LogP contribution in [0, 0.1) is 0 Å². The lowest BCUT2D eigenvalue weighted by atomic mass is 9.82. The predicted octanol–water partition coefficient (Wildman–Crippen LogP) is 5.73. The van der Waals surface area contributed by atoms with Crippen LogP contribution in [0.3, 0.4) is 0 Å². The Kier molecular flexibility index (Phi) is 5.62. The molecule has 0 spiro atoms. The van der Waals surface area contributed by atoms with Crippen LogP contribution in [-0.2, 0) is 0 Å². The van der Waals surface area contributed by atoms with Crippen LogP contribution in [0.25, 0.3) is 10.2 Å². The van der Waals surface area contributed by atoms with Crippen molar-refractivity contribution in [1.82, 2.24) is 15.2 Å². The average molecular weight is 394 g/mol. The molecule has 28 heavy (non-hydrogen) atoms. The van der Waals surface area contributed by atoms with E-state index in [0.717, 1.165) is 40.9 Å². The van der Waals surface area contributed by atoms with E-state index in [1.165, 1.54) is 5.56 Å². The van der Waals surface area contributed by atoms with E-state index in [-0.39, 0.29) is 18.1 Å². The SMILES string of the molecule is C[C@H](c1nc2ccccc2s1)N(C)C(=O)NC1CCC(c2ccccc2)CC1. The third-order valence-electron chi connectivity index (χ3n) is 5.89. The summed E-state index contributed by atoms with van der Waals surface area (Å²) >= 11 is 1.66. The first-order chi connectivity index (χ1) is 13.6. The molecule has 1 fully saturated rings. The summed E-state index contributed by atoms with van der Waals surface area (Å²) in [4.78, 5) is 19.3. The summed E-state index contributed by atoms with van der Waals surface area (Å²) in [6.07, 6.45) is 4.33. The number of thiazole rings is 1. The van der Waals surface area contributed by atoms with Crippen LogP contribution in [0.4, 0.5) is 4.79 Å². The van der Waals surface area contributed by atoms with Gasteiger partial charge in [0.2, 0.25) is 0 Å². The van der Waals surface area contributed by atoms with Crippen LogP contribution in [0.15, 0.2) is 54.6 Å². The molecule has 1 aliphatic carbocycles. The largest absolute Gasteiger partial charge is 0.335 e. The maximum atomic E-state index is 12.8. The van der Waals surface area contributed by atoms with Gasteiger partial charge in [0.1, 0.15) is 5.01 Å². The van der Waals surface area contributed by atoms with Gasteiger partial charge in [0, 0.05) is 13.1 Å². The number of hydrogen-bond donors (Lipinski definition) is 1. The van der Waals surface area contributed by atoms with Gasteiger partial charge < -0.3 is 10.2 Å². The first kappa shape index (κ1) is 18.9. The second kappa shape index (κ2) is 8.31. The minimum atomic E-state index is -0.0435. The highest BCUT2D eigenvalue weighted by Gasteiger charge is 2.26. The summed E-state index contributed by atoms with van der Waals surface area (Å²) in [6, 6.07) is 19.1. The molecule has 5 heteroatoms. The molecule has 0 unspecified atom stereocenters. The number of carbonyl (C=O) groups is 1. The molecule has 4 nitrogen and oxygen atoms in total. The normalized spacial score (nSPS) is 20.6. The number of rotatable bonds is 4. The number of aromatic nitrogens is 1. The first-order valence-corrected chi connectivity index (χ1v) is 10.9. The van der Waals surface area contributed by atoms with E-state index in [1.807, 2.05) is 32.2 Å². The van der Waals surface area contributed by atoms with Crippen molar-refractivity contribution in [2.24, 2.45) is 0 Å². The molecular weight excluding hydrogens is 366 g/mol. The molecule has 1 aromatic heterocycles. The van der Waals surface area contributed by atoms with Crippen molar-refractivity contribution in [3.63, 3.8) is 0 Å². The Labute approximate surface area is 170 Å². The van der Waals surface area contributed by atoms with E-state index in [2.05, 4.69) is 41.7 Å². The number of carbonyl (C=O) groups excluding carboxylic acids is 1. The van der Waals surface area contributed by atoms with Crippen molar-refractivity contribution >= 4 is 27.6 Å². The molecular formula is C23H27N3OS. The number of fused-ring (bicyclic) bond motifs is 1. The zero-order valence-electron chi connectivity index (χ0n) is 16.5. The van der Waals surface area contributed by atoms with Crippen LogP contribution in [0.1, 0.15) is 55.1 Å². The second-order valence-corrected chi connectivity index (χ2v) is 8.78. The van der Waals surface area contributed by atoms with Crippen molar-refractivity contribution in [3.05, 3.63) is 65.2 Å². The monoisotopic (exact) mass is 393 g/mol. The number of para-hydroxylation sites is 1. The van der Waals surface area contributed by atoms with E-state index in [9.17, 15) is 4.79 Å². The molecule has 146 valence electrons. The Bertz CT molecular complexity index is 898. The molecule has 0 bridgehead atoms. The van der Waals surface area contributed by atoms with Gasteiger partial charge in [-0.1, -0.05) is 42.5 Å². The van der Waals surface area contributed by atoms with Crippen LogP contribution in [0.2, 0.25) is 0 Å². The van der Waals surface area contributed by atoms with Crippen molar-refractivity contribution in [3.8, 4) is 0 Å². The van der Waals surface area contributed by atoms with Crippen molar-refractivity contribution < 1.29 is 4.79 Å². The van der Waals surface area contributed by atoms with Crippen molar-refractivity contribution in [2.45, 2.75) is 50.6 Å². The Morgan fingerprint density at radius 2 is 1.75 bits per heavy atom. The van der Waals surface area contributed by atoms with E-state index in [1.54, 1.807) is 16.2 Å². The zero-order chi connectivity index (χ0) is 19.5. The Morgan fingerprint density at radius 3 is 2.46 bits per heavy atom. The lowest BCUT2D eigenvalue weighted by Crippen LogP contribution is -2.45. The third kappa shape index (κ3) is 4.04. The number of nitrogens with zero attached hydrogens (tertiary/aromatic N) is 2. The van der Waals surface area contributed by atoms with Gasteiger partial charge in [-0.05, 0) is 56.2 Å². The molecule has 4 rings (SSSR count). The highest BCUT2D eigenvalue weighted by atomic mass is 32.1. The van der Waals surface area contributed by atoms with E-state index < -0.39 is 0 Å².